The molecule has 2 aromatic rings. The molecule has 1 aliphatic heterocycles. The van der Waals surface area contributed by atoms with E-state index < -0.39 is 0 Å². The molecule has 26 heavy (non-hydrogen) atoms. The van der Waals surface area contributed by atoms with Gasteiger partial charge < -0.3 is 15.0 Å². The van der Waals surface area contributed by atoms with Gasteiger partial charge in [0.15, 0.2) is 0 Å². The van der Waals surface area contributed by atoms with Gasteiger partial charge in [0.25, 0.3) is 5.91 Å². The monoisotopic (exact) mass is 349 g/mol. The van der Waals surface area contributed by atoms with Gasteiger partial charge in [-0.3, -0.25) is 4.79 Å². The van der Waals surface area contributed by atoms with E-state index in [9.17, 15) is 14.9 Å². The molecule has 0 atom stereocenters. The van der Waals surface area contributed by atoms with Crippen molar-refractivity contribution in [1.29, 1.82) is 5.26 Å². The number of carbonyl (C=O) groups is 2. The average molecular weight is 349 g/mol. The van der Waals surface area contributed by atoms with Crippen molar-refractivity contribution in [2.45, 2.75) is 6.42 Å². The molecule has 0 aromatic heterocycles. The van der Waals surface area contributed by atoms with Crippen LogP contribution in [0.5, 0.6) is 0 Å². The van der Waals surface area contributed by atoms with E-state index in [1.54, 1.807) is 23.1 Å². The van der Waals surface area contributed by atoms with Crippen molar-refractivity contribution in [3.8, 4) is 17.2 Å². The standard InChI is InChI=1S/C20H19N3O3/c21-14-17-4-1-2-5-18(17)15-6-8-16(9-7-15)19(24)22-10-12-23-11-3-13-26-20(23)25/h1-2,4-9H,3,10-13H2,(H,22,24). The van der Waals surface area contributed by atoms with Crippen molar-refractivity contribution in [1.82, 2.24) is 10.2 Å². The third-order valence-corrected chi connectivity index (χ3v) is 4.23. The number of nitrogens with one attached hydrogen (secondary N) is 1. The van der Waals surface area contributed by atoms with Gasteiger partial charge in [-0.05, 0) is 35.7 Å². The van der Waals surface area contributed by atoms with E-state index in [2.05, 4.69) is 11.4 Å². The van der Waals surface area contributed by atoms with Gasteiger partial charge in [-0.25, -0.2) is 4.79 Å². The lowest BCUT2D eigenvalue weighted by Crippen LogP contribution is -2.42. The van der Waals surface area contributed by atoms with Crippen LogP contribution in [0.4, 0.5) is 4.79 Å². The van der Waals surface area contributed by atoms with Crippen molar-refractivity contribution < 1.29 is 14.3 Å². The molecule has 0 aliphatic carbocycles. The van der Waals surface area contributed by atoms with E-state index in [1.165, 1.54) is 0 Å². The molecule has 6 nitrogen and oxygen atoms in total. The summed E-state index contributed by atoms with van der Waals surface area (Å²) in [6.45, 7) is 1.91. The second-order valence-electron chi connectivity index (χ2n) is 5.95. The molecule has 0 saturated carbocycles. The molecule has 132 valence electrons. The van der Waals surface area contributed by atoms with E-state index in [1.807, 2.05) is 30.3 Å². The highest BCUT2D eigenvalue weighted by molar-refractivity contribution is 5.94. The van der Waals surface area contributed by atoms with Crippen molar-refractivity contribution in [2.75, 3.05) is 26.2 Å². The van der Waals surface area contributed by atoms with E-state index in [-0.39, 0.29) is 12.0 Å². The quantitative estimate of drug-likeness (QED) is 0.900. The summed E-state index contributed by atoms with van der Waals surface area (Å²) in [5.74, 6) is -0.199. The van der Waals surface area contributed by atoms with Gasteiger partial charge in [0.1, 0.15) is 0 Å². The number of carbonyl (C=O) groups excluding carboxylic acids is 2. The lowest BCUT2D eigenvalue weighted by atomic mass is 9.99. The van der Waals surface area contributed by atoms with Crippen LogP contribution < -0.4 is 5.32 Å². The number of nitriles is 1. The molecule has 0 radical (unpaired) electrons. The van der Waals surface area contributed by atoms with Crippen LogP contribution in [0.1, 0.15) is 22.3 Å². The first-order valence-electron chi connectivity index (χ1n) is 8.48. The Kier molecular flexibility index (Phi) is 5.49. The van der Waals surface area contributed by atoms with Crippen LogP contribution in [-0.4, -0.2) is 43.1 Å². The van der Waals surface area contributed by atoms with Crippen LogP contribution in [-0.2, 0) is 4.74 Å². The molecule has 2 aromatic carbocycles. The fraction of sp³-hybridized carbons (Fsp3) is 0.250. The zero-order valence-corrected chi connectivity index (χ0v) is 14.3. The number of hydrogen-bond acceptors (Lipinski definition) is 4. The first kappa shape index (κ1) is 17.5. The lowest BCUT2D eigenvalue weighted by molar-refractivity contribution is 0.0719. The van der Waals surface area contributed by atoms with Crippen LogP contribution in [0.2, 0.25) is 0 Å². The highest BCUT2D eigenvalue weighted by Gasteiger charge is 2.19. The fourth-order valence-corrected chi connectivity index (χ4v) is 2.84. The predicted octanol–water partition coefficient (Wildman–Crippen LogP) is 2.80. The summed E-state index contributed by atoms with van der Waals surface area (Å²) in [4.78, 5) is 25.4. The Bertz CT molecular complexity index is 840. The summed E-state index contributed by atoms with van der Waals surface area (Å²) in [5.41, 5.74) is 2.85. The predicted molar refractivity (Wildman–Crippen MR) is 96.5 cm³/mol. The summed E-state index contributed by atoms with van der Waals surface area (Å²) in [6.07, 6.45) is 0.483. The number of amides is 2. The topological polar surface area (TPSA) is 82.4 Å². The number of nitrogens with zero attached hydrogens (tertiary/aromatic N) is 2. The molecule has 0 bridgehead atoms. The number of rotatable bonds is 5. The van der Waals surface area contributed by atoms with Crippen LogP contribution in [0.3, 0.4) is 0 Å². The maximum absolute atomic E-state index is 12.2. The van der Waals surface area contributed by atoms with E-state index in [0.29, 0.717) is 37.4 Å². The third-order valence-electron chi connectivity index (χ3n) is 4.23. The van der Waals surface area contributed by atoms with Gasteiger partial charge in [0, 0.05) is 25.2 Å². The average Bonchev–Trinajstić information content (AvgIpc) is 2.69. The van der Waals surface area contributed by atoms with Crippen LogP contribution >= 0.6 is 0 Å². The SMILES string of the molecule is N#Cc1ccccc1-c1ccc(C(=O)NCCN2CCCOC2=O)cc1. The molecule has 1 heterocycles. The highest BCUT2D eigenvalue weighted by atomic mass is 16.6. The molecule has 3 rings (SSSR count). The van der Waals surface area contributed by atoms with Gasteiger partial charge in [-0.15, -0.1) is 0 Å². The van der Waals surface area contributed by atoms with E-state index in [4.69, 9.17) is 4.74 Å². The second kappa shape index (κ2) is 8.17. The largest absolute Gasteiger partial charge is 0.449 e. The molecule has 0 unspecified atom stereocenters. The Morgan fingerprint density at radius 2 is 1.96 bits per heavy atom. The molecule has 1 saturated heterocycles. The lowest BCUT2D eigenvalue weighted by Gasteiger charge is -2.26. The molecular weight excluding hydrogens is 330 g/mol. The Morgan fingerprint density at radius 3 is 2.69 bits per heavy atom. The van der Waals surface area contributed by atoms with Crippen LogP contribution in [0.15, 0.2) is 48.5 Å². The molecule has 6 heteroatoms. The maximum atomic E-state index is 12.2. The van der Waals surface area contributed by atoms with Gasteiger partial charge in [-0.2, -0.15) is 5.26 Å². The number of cyclic esters (lactones) is 1. The van der Waals surface area contributed by atoms with Gasteiger partial charge >= 0.3 is 6.09 Å². The Labute approximate surface area is 152 Å². The fourth-order valence-electron chi connectivity index (χ4n) is 2.84. The molecule has 1 N–H and O–H groups in total. The van der Waals surface area contributed by atoms with Crippen LogP contribution in [0, 0.1) is 11.3 Å². The second-order valence-corrected chi connectivity index (χ2v) is 5.95. The normalized spacial score (nSPS) is 13.7. The van der Waals surface area contributed by atoms with Crippen molar-refractivity contribution in [3.63, 3.8) is 0 Å². The van der Waals surface area contributed by atoms with Gasteiger partial charge in [0.05, 0.1) is 18.2 Å². The Balaban J connectivity index is 1.59. The minimum absolute atomic E-state index is 0.199. The highest BCUT2D eigenvalue weighted by Crippen LogP contribution is 2.23. The molecule has 0 spiro atoms. The Morgan fingerprint density at radius 1 is 1.19 bits per heavy atom. The molecular formula is C20H19N3O3. The van der Waals surface area contributed by atoms with Crippen molar-refractivity contribution in [2.24, 2.45) is 0 Å². The minimum Gasteiger partial charge on any atom is -0.449 e. The van der Waals surface area contributed by atoms with Crippen molar-refractivity contribution >= 4 is 12.0 Å². The third kappa shape index (κ3) is 4.01. The smallest absolute Gasteiger partial charge is 0.409 e. The zero-order valence-electron chi connectivity index (χ0n) is 14.3. The number of benzene rings is 2. The van der Waals surface area contributed by atoms with Crippen molar-refractivity contribution in [3.05, 3.63) is 59.7 Å². The summed E-state index contributed by atoms with van der Waals surface area (Å²) in [6, 6.07) is 16.6. The number of hydrogen-bond donors (Lipinski definition) is 1. The summed E-state index contributed by atoms with van der Waals surface area (Å²) in [5, 5.41) is 12.0. The Hall–Kier alpha value is -3.33. The maximum Gasteiger partial charge on any atom is 0.409 e. The summed E-state index contributed by atoms with van der Waals surface area (Å²) >= 11 is 0. The number of ether oxygens (including phenoxy) is 1. The zero-order chi connectivity index (χ0) is 18.4. The van der Waals surface area contributed by atoms with Gasteiger partial charge in [0.2, 0.25) is 0 Å². The van der Waals surface area contributed by atoms with Gasteiger partial charge in [-0.1, -0.05) is 30.3 Å². The molecule has 1 aliphatic rings. The molecule has 1 fully saturated rings. The minimum atomic E-state index is -0.328. The van der Waals surface area contributed by atoms with Crippen LogP contribution in [0.25, 0.3) is 11.1 Å². The first-order chi connectivity index (χ1) is 12.7. The molecule has 2 amide bonds. The summed E-state index contributed by atoms with van der Waals surface area (Å²) < 4.78 is 4.96. The van der Waals surface area contributed by atoms with E-state index >= 15 is 0 Å². The summed E-state index contributed by atoms with van der Waals surface area (Å²) in [7, 11) is 0. The van der Waals surface area contributed by atoms with E-state index in [0.717, 1.165) is 17.5 Å². The first-order valence-corrected chi connectivity index (χ1v) is 8.48.